The van der Waals surface area contributed by atoms with Gasteiger partial charge in [-0.15, -0.1) is 0 Å². The predicted octanol–water partition coefficient (Wildman–Crippen LogP) is 6.54. The van der Waals surface area contributed by atoms with E-state index < -0.39 is 0 Å². The van der Waals surface area contributed by atoms with Gasteiger partial charge in [0.05, 0.1) is 11.0 Å². The van der Waals surface area contributed by atoms with Crippen LogP contribution in [0.25, 0.3) is 27.5 Å². The van der Waals surface area contributed by atoms with Gasteiger partial charge in [0.25, 0.3) is 0 Å². The van der Waals surface area contributed by atoms with Crippen LogP contribution < -0.4 is 0 Å². The summed E-state index contributed by atoms with van der Waals surface area (Å²) >= 11 is 0. The third-order valence-corrected chi connectivity index (χ3v) is 3.69. The number of aromatic hydroxyl groups is 1. The number of para-hydroxylation sites is 2. The third kappa shape index (κ3) is 3.13. The van der Waals surface area contributed by atoms with Crippen molar-refractivity contribution in [3.63, 3.8) is 0 Å². The Morgan fingerprint density at radius 2 is 1.00 bits per heavy atom. The highest BCUT2D eigenvalue weighted by atomic mass is 16.3. The molecule has 1 aromatic heterocycles. The smallest absolute Gasteiger partial charge is 0.115 e. The number of fused-ring (bicyclic) bond motifs is 3. The van der Waals surface area contributed by atoms with Crippen LogP contribution in [0.4, 0.5) is 0 Å². The Morgan fingerprint density at radius 1 is 0.583 bits per heavy atom. The van der Waals surface area contributed by atoms with Gasteiger partial charge in [0.2, 0.25) is 0 Å². The lowest BCUT2D eigenvalue weighted by Crippen LogP contribution is -1.92. The van der Waals surface area contributed by atoms with Gasteiger partial charge < -0.3 is 9.67 Å². The van der Waals surface area contributed by atoms with E-state index in [-0.39, 0.29) is 5.75 Å². The fraction of sp³-hybridized carbons (Fsp3) is 0.182. The van der Waals surface area contributed by atoms with Crippen LogP contribution in [-0.4, -0.2) is 9.67 Å². The standard InChI is InChI=1S/C18H13NO.2C2H6/c20-14-11-9-13(10-12-14)19-17-7-3-1-5-15(17)16-6-2-4-8-18(16)19;2*1-2/h1-12,20H;2*1-2H3. The van der Waals surface area contributed by atoms with Gasteiger partial charge >= 0.3 is 0 Å². The van der Waals surface area contributed by atoms with Crippen LogP contribution in [0.5, 0.6) is 5.75 Å². The monoisotopic (exact) mass is 319 g/mol. The van der Waals surface area contributed by atoms with Gasteiger partial charge in [0.1, 0.15) is 5.75 Å². The molecule has 0 saturated carbocycles. The molecule has 1 heterocycles. The van der Waals surface area contributed by atoms with Crippen LogP contribution in [0.15, 0.2) is 72.8 Å². The largest absolute Gasteiger partial charge is 0.508 e. The first-order valence-electron chi connectivity index (χ1n) is 8.62. The molecule has 0 aliphatic heterocycles. The first-order chi connectivity index (χ1) is 11.8. The lowest BCUT2D eigenvalue weighted by Gasteiger charge is -2.07. The van der Waals surface area contributed by atoms with Crippen molar-refractivity contribution in [2.75, 3.05) is 0 Å². The number of hydrogen-bond donors (Lipinski definition) is 1. The van der Waals surface area contributed by atoms with E-state index in [1.165, 1.54) is 21.8 Å². The summed E-state index contributed by atoms with van der Waals surface area (Å²) in [5.41, 5.74) is 3.42. The Morgan fingerprint density at radius 3 is 1.46 bits per heavy atom. The molecule has 0 radical (unpaired) electrons. The van der Waals surface area contributed by atoms with Gasteiger partial charge in [-0.3, -0.25) is 0 Å². The fourth-order valence-electron chi connectivity index (χ4n) is 2.80. The summed E-state index contributed by atoms with van der Waals surface area (Å²) in [6, 6.07) is 24.1. The average molecular weight is 319 g/mol. The van der Waals surface area contributed by atoms with E-state index in [1.54, 1.807) is 12.1 Å². The molecule has 0 atom stereocenters. The van der Waals surface area contributed by atoms with Crippen molar-refractivity contribution in [2.24, 2.45) is 0 Å². The van der Waals surface area contributed by atoms with Crippen molar-refractivity contribution in [1.82, 2.24) is 4.57 Å². The summed E-state index contributed by atoms with van der Waals surface area (Å²) in [6.07, 6.45) is 0. The van der Waals surface area contributed by atoms with Crippen LogP contribution in [-0.2, 0) is 0 Å². The SMILES string of the molecule is CC.CC.Oc1ccc(-n2c3ccccc3c3ccccc32)cc1. The number of aromatic nitrogens is 1. The predicted molar refractivity (Wildman–Crippen MR) is 105 cm³/mol. The first kappa shape index (κ1) is 17.6. The molecule has 124 valence electrons. The molecule has 0 amide bonds. The number of phenols is 1. The van der Waals surface area contributed by atoms with E-state index in [2.05, 4.69) is 53.1 Å². The number of phenolic OH excluding ortho intramolecular Hbond substituents is 1. The highest BCUT2D eigenvalue weighted by Gasteiger charge is 2.10. The van der Waals surface area contributed by atoms with Crippen molar-refractivity contribution in [3.8, 4) is 11.4 Å². The Labute approximate surface area is 144 Å². The molecule has 4 rings (SSSR count). The van der Waals surface area contributed by atoms with E-state index >= 15 is 0 Å². The number of rotatable bonds is 1. The normalized spacial score (nSPS) is 9.83. The van der Waals surface area contributed by atoms with Crippen LogP contribution in [0.2, 0.25) is 0 Å². The molecule has 0 unspecified atom stereocenters. The summed E-state index contributed by atoms with van der Waals surface area (Å²) in [5, 5.41) is 12.0. The van der Waals surface area contributed by atoms with Crippen molar-refractivity contribution in [2.45, 2.75) is 27.7 Å². The molecular weight excluding hydrogens is 294 g/mol. The summed E-state index contributed by atoms with van der Waals surface area (Å²) in [6.45, 7) is 8.00. The van der Waals surface area contributed by atoms with E-state index in [0.29, 0.717) is 0 Å². The summed E-state index contributed by atoms with van der Waals surface area (Å²) in [7, 11) is 0. The maximum Gasteiger partial charge on any atom is 0.115 e. The number of hydrogen-bond acceptors (Lipinski definition) is 1. The van der Waals surface area contributed by atoms with Crippen LogP contribution in [0.3, 0.4) is 0 Å². The lowest BCUT2D eigenvalue weighted by atomic mass is 10.2. The van der Waals surface area contributed by atoms with E-state index in [0.717, 1.165) is 5.69 Å². The van der Waals surface area contributed by atoms with Gasteiger partial charge in [-0.2, -0.15) is 0 Å². The molecule has 24 heavy (non-hydrogen) atoms. The molecule has 0 bridgehead atoms. The van der Waals surface area contributed by atoms with E-state index in [9.17, 15) is 5.11 Å². The first-order valence-corrected chi connectivity index (χ1v) is 8.62. The minimum atomic E-state index is 0.287. The van der Waals surface area contributed by atoms with Crippen LogP contribution >= 0.6 is 0 Å². The number of benzene rings is 3. The fourth-order valence-corrected chi connectivity index (χ4v) is 2.80. The van der Waals surface area contributed by atoms with Crippen LogP contribution in [0, 0.1) is 0 Å². The van der Waals surface area contributed by atoms with Crippen molar-refractivity contribution >= 4 is 21.8 Å². The molecule has 0 saturated heterocycles. The van der Waals surface area contributed by atoms with Crippen molar-refractivity contribution in [1.29, 1.82) is 0 Å². The quantitative estimate of drug-likeness (QED) is 0.423. The second-order valence-electron chi connectivity index (χ2n) is 4.89. The zero-order valence-corrected chi connectivity index (χ0v) is 14.8. The molecule has 3 aromatic carbocycles. The summed E-state index contributed by atoms with van der Waals surface area (Å²) in [4.78, 5) is 0. The molecule has 0 aliphatic carbocycles. The zero-order valence-electron chi connectivity index (χ0n) is 14.8. The topological polar surface area (TPSA) is 25.2 Å². The minimum absolute atomic E-state index is 0.287. The van der Waals surface area contributed by atoms with Gasteiger partial charge in [-0.25, -0.2) is 0 Å². The van der Waals surface area contributed by atoms with Gasteiger partial charge in [-0.05, 0) is 36.4 Å². The molecular formula is C22H25NO. The van der Waals surface area contributed by atoms with E-state index in [1.807, 2.05) is 39.8 Å². The molecule has 2 nitrogen and oxygen atoms in total. The molecule has 0 spiro atoms. The Kier molecular flexibility index (Phi) is 6.02. The third-order valence-electron chi connectivity index (χ3n) is 3.69. The maximum atomic E-state index is 9.47. The molecule has 2 heteroatoms. The summed E-state index contributed by atoms with van der Waals surface area (Å²) in [5.74, 6) is 0.287. The van der Waals surface area contributed by atoms with Gasteiger partial charge in [-0.1, -0.05) is 64.1 Å². The minimum Gasteiger partial charge on any atom is -0.508 e. The van der Waals surface area contributed by atoms with Gasteiger partial charge in [0, 0.05) is 16.5 Å². The Bertz CT molecular complexity index is 851. The second kappa shape index (κ2) is 8.21. The molecule has 4 aromatic rings. The maximum absolute atomic E-state index is 9.47. The van der Waals surface area contributed by atoms with Crippen LogP contribution in [0.1, 0.15) is 27.7 Å². The van der Waals surface area contributed by atoms with Gasteiger partial charge in [0.15, 0.2) is 0 Å². The highest BCUT2D eigenvalue weighted by Crippen LogP contribution is 2.31. The second-order valence-corrected chi connectivity index (χ2v) is 4.89. The lowest BCUT2D eigenvalue weighted by molar-refractivity contribution is 0.475. The molecule has 1 N–H and O–H groups in total. The van der Waals surface area contributed by atoms with Crippen molar-refractivity contribution in [3.05, 3.63) is 72.8 Å². The van der Waals surface area contributed by atoms with E-state index in [4.69, 9.17) is 0 Å². The highest BCUT2D eigenvalue weighted by molar-refractivity contribution is 6.09. The Hall–Kier alpha value is -2.74. The molecule has 0 aliphatic rings. The average Bonchev–Trinajstić information content (AvgIpc) is 3.00. The van der Waals surface area contributed by atoms with Crippen molar-refractivity contribution < 1.29 is 5.11 Å². The zero-order chi connectivity index (χ0) is 17.5. The number of nitrogens with zero attached hydrogens (tertiary/aromatic N) is 1. The summed E-state index contributed by atoms with van der Waals surface area (Å²) < 4.78 is 2.23. The Balaban J connectivity index is 0.000000487. The molecule has 0 fully saturated rings.